The zero-order valence-corrected chi connectivity index (χ0v) is 26.9. The lowest BCUT2D eigenvalue weighted by Crippen LogP contribution is -2.15. The number of halogens is 7. The third-order valence-corrected chi connectivity index (χ3v) is 10.2. The van der Waals surface area contributed by atoms with Gasteiger partial charge >= 0.3 is 0 Å². The number of rotatable bonds is 12. The molecule has 8 heteroatoms. The molecule has 0 aromatic heterocycles. The number of benzene rings is 3. The molecule has 0 radical (unpaired) electrons. The topological polar surface area (TPSA) is 9.23 Å². The van der Waals surface area contributed by atoms with Crippen LogP contribution in [-0.2, 0) is 11.2 Å². The van der Waals surface area contributed by atoms with Crippen molar-refractivity contribution in [2.24, 2.45) is 5.92 Å². The third-order valence-electron chi connectivity index (χ3n) is 10.2. The molecular weight excluding hydrogens is 617 g/mol. The van der Waals surface area contributed by atoms with E-state index >= 15 is 8.78 Å². The molecule has 2 aliphatic carbocycles. The van der Waals surface area contributed by atoms with Crippen LogP contribution in [0.2, 0.25) is 0 Å². The summed E-state index contributed by atoms with van der Waals surface area (Å²) in [4.78, 5) is 0. The molecule has 2 aliphatic rings. The number of hydrogen-bond acceptors (Lipinski definition) is 1. The van der Waals surface area contributed by atoms with E-state index in [2.05, 4.69) is 0 Å². The summed E-state index contributed by atoms with van der Waals surface area (Å²) in [6.07, 6.45) is 9.28. The fraction of sp³-hybridized carbons (Fsp3) is 0.487. The van der Waals surface area contributed by atoms with Gasteiger partial charge in [0, 0.05) is 12.2 Å². The molecule has 0 saturated heterocycles. The Hall–Kier alpha value is -3.13. The van der Waals surface area contributed by atoms with Gasteiger partial charge in [0.05, 0.1) is 0 Å². The lowest BCUT2D eigenvalue weighted by Gasteiger charge is -2.30. The van der Waals surface area contributed by atoms with Crippen molar-refractivity contribution in [2.45, 2.75) is 102 Å². The SMILES string of the molecule is CCCCOCC(F)=C(F)c1ccc(C2CCC(c3ccc(CCC4CCC(c5cc(F)c(F)c(F)c5)CC4)c(F)c3)CC2)c(F)c1. The van der Waals surface area contributed by atoms with Crippen LogP contribution in [0, 0.1) is 35.0 Å². The molecule has 47 heavy (non-hydrogen) atoms. The number of aryl methyl sites for hydroxylation is 1. The molecule has 2 fully saturated rings. The normalized spacial score (nSPS) is 22.3. The first-order chi connectivity index (χ1) is 22.6. The molecule has 0 atom stereocenters. The quantitative estimate of drug-likeness (QED) is 0.107. The van der Waals surface area contributed by atoms with Gasteiger partial charge in [0.25, 0.3) is 0 Å². The first-order valence-electron chi connectivity index (χ1n) is 17.0. The molecule has 0 aliphatic heterocycles. The van der Waals surface area contributed by atoms with Crippen molar-refractivity contribution < 1.29 is 35.5 Å². The predicted molar refractivity (Wildman–Crippen MR) is 171 cm³/mol. The summed E-state index contributed by atoms with van der Waals surface area (Å²) in [5.74, 6) is -6.18. The van der Waals surface area contributed by atoms with Crippen LogP contribution in [0.5, 0.6) is 0 Å². The monoisotopic (exact) mass is 660 g/mol. The molecule has 1 nitrogen and oxygen atoms in total. The Morgan fingerprint density at radius 3 is 1.94 bits per heavy atom. The number of unbranched alkanes of at least 4 members (excludes halogenated alkanes) is 1. The highest BCUT2D eigenvalue weighted by Crippen LogP contribution is 2.42. The van der Waals surface area contributed by atoms with Crippen molar-refractivity contribution in [3.63, 3.8) is 0 Å². The second-order valence-corrected chi connectivity index (χ2v) is 13.3. The number of ether oxygens (including phenoxy) is 1. The van der Waals surface area contributed by atoms with E-state index in [1.54, 1.807) is 12.1 Å². The summed E-state index contributed by atoms with van der Waals surface area (Å²) in [6, 6.07) is 11.7. The van der Waals surface area contributed by atoms with Crippen LogP contribution >= 0.6 is 0 Å². The Morgan fingerprint density at radius 2 is 1.30 bits per heavy atom. The van der Waals surface area contributed by atoms with Crippen LogP contribution in [0.4, 0.5) is 30.7 Å². The maximum Gasteiger partial charge on any atom is 0.194 e. The maximum absolute atomic E-state index is 15.2. The first-order valence-corrected chi connectivity index (χ1v) is 17.0. The highest BCUT2D eigenvalue weighted by Gasteiger charge is 2.27. The average molecular weight is 661 g/mol. The molecule has 254 valence electrons. The van der Waals surface area contributed by atoms with Crippen LogP contribution in [-0.4, -0.2) is 13.2 Å². The van der Waals surface area contributed by atoms with Gasteiger partial charge in [0.15, 0.2) is 29.1 Å². The molecule has 0 bridgehead atoms. The van der Waals surface area contributed by atoms with E-state index in [-0.39, 0.29) is 29.1 Å². The van der Waals surface area contributed by atoms with Crippen molar-refractivity contribution in [1.82, 2.24) is 0 Å². The summed E-state index contributed by atoms with van der Waals surface area (Å²) < 4.78 is 105. The van der Waals surface area contributed by atoms with E-state index in [0.29, 0.717) is 48.5 Å². The minimum Gasteiger partial charge on any atom is -0.374 e. The lowest BCUT2D eigenvalue weighted by molar-refractivity contribution is 0.139. The van der Waals surface area contributed by atoms with Gasteiger partial charge in [0.1, 0.15) is 18.2 Å². The Bertz CT molecular complexity index is 1510. The van der Waals surface area contributed by atoms with Crippen molar-refractivity contribution >= 4 is 5.83 Å². The van der Waals surface area contributed by atoms with Crippen molar-refractivity contribution in [3.8, 4) is 0 Å². The summed E-state index contributed by atoms with van der Waals surface area (Å²) in [6.45, 7) is 1.83. The predicted octanol–water partition coefficient (Wildman–Crippen LogP) is 12.2. The molecule has 0 unspecified atom stereocenters. The number of hydrogen-bond donors (Lipinski definition) is 0. The molecule has 0 amide bonds. The van der Waals surface area contributed by atoms with Crippen LogP contribution < -0.4 is 0 Å². The standard InChI is InChI=1S/C39H43F7O/c1-2-3-18-47-23-37(44)38(45)30-16-17-32(34(41)20-30)27-12-10-25(11-13-27)29-15-14-28(33(40)19-29)9-6-24-4-7-26(8-5-24)31-21-35(42)39(46)36(43)22-31/h14-17,19-22,24-27H,2-13,18,23H2,1H3. The average Bonchev–Trinajstić information content (AvgIpc) is 3.08. The molecule has 5 rings (SSSR count). The van der Waals surface area contributed by atoms with Crippen molar-refractivity contribution in [3.05, 3.63) is 111 Å². The Balaban J connectivity index is 1.10. The first kappa shape index (κ1) is 35.2. The van der Waals surface area contributed by atoms with Gasteiger partial charge in [-0.1, -0.05) is 37.6 Å². The minimum atomic E-state index is -1.44. The van der Waals surface area contributed by atoms with Crippen LogP contribution in [0.15, 0.2) is 54.4 Å². The van der Waals surface area contributed by atoms with Gasteiger partial charge in [0.2, 0.25) is 0 Å². The molecular formula is C39H43F7O. The van der Waals surface area contributed by atoms with E-state index in [0.717, 1.165) is 81.5 Å². The van der Waals surface area contributed by atoms with Crippen molar-refractivity contribution in [2.75, 3.05) is 13.2 Å². The Labute approximate surface area is 273 Å². The van der Waals surface area contributed by atoms with Crippen LogP contribution in [0.3, 0.4) is 0 Å². The Morgan fingerprint density at radius 1 is 0.681 bits per heavy atom. The van der Waals surface area contributed by atoms with Gasteiger partial charge in [-0.15, -0.1) is 0 Å². The smallest absolute Gasteiger partial charge is 0.194 e. The zero-order chi connectivity index (χ0) is 33.5. The summed E-state index contributed by atoms with van der Waals surface area (Å²) >= 11 is 0. The zero-order valence-electron chi connectivity index (χ0n) is 26.9. The minimum absolute atomic E-state index is 0.00650. The van der Waals surface area contributed by atoms with E-state index in [9.17, 15) is 22.0 Å². The van der Waals surface area contributed by atoms with Gasteiger partial charge in [-0.05, 0) is 141 Å². The van der Waals surface area contributed by atoms with Gasteiger partial charge in [-0.25, -0.2) is 30.7 Å². The lowest BCUT2D eigenvalue weighted by atomic mass is 9.75. The van der Waals surface area contributed by atoms with Gasteiger partial charge in [-0.3, -0.25) is 0 Å². The van der Waals surface area contributed by atoms with E-state index < -0.39 is 41.5 Å². The van der Waals surface area contributed by atoms with E-state index in [1.165, 1.54) is 6.07 Å². The van der Waals surface area contributed by atoms with E-state index in [1.807, 2.05) is 19.1 Å². The van der Waals surface area contributed by atoms with Crippen LogP contribution in [0.1, 0.15) is 123 Å². The molecule has 0 spiro atoms. The molecule has 0 N–H and O–H groups in total. The molecule has 2 saturated carbocycles. The Kier molecular flexibility index (Phi) is 12.2. The maximum atomic E-state index is 15.2. The summed E-state index contributed by atoms with van der Waals surface area (Å²) in [7, 11) is 0. The summed E-state index contributed by atoms with van der Waals surface area (Å²) in [5, 5.41) is 0. The van der Waals surface area contributed by atoms with Crippen LogP contribution in [0.25, 0.3) is 5.83 Å². The second kappa shape index (κ2) is 16.3. The van der Waals surface area contributed by atoms with Crippen molar-refractivity contribution in [1.29, 1.82) is 0 Å². The molecule has 3 aromatic carbocycles. The summed E-state index contributed by atoms with van der Waals surface area (Å²) in [5.41, 5.74) is 2.45. The fourth-order valence-corrected chi connectivity index (χ4v) is 7.34. The highest BCUT2D eigenvalue weighted by atomic mass is 19.2. The second-order valence-electron chi connectivity index (χ2n) is 13.3. The van der Waals surface area contributed by atoms with Gasteiger partial charge in [-0.2, -0.15) is 0 Å². The highest BCUT2D eigenvalue weighted by molar-refractivity contribution is 5.61. The fourth-order valence-electron chi connectivity index (χ4n) is 7.34. The largest absolute Gasteiger partial charge is 0.374 e. The molecule has 0 heterocycles. The van der Waals surface area contributed by atoms with Gasteiger partial charge < -0.3 is 4.74 Å². The third kappa shape index (κ3) is 8.87. The van der Waals surface area contributed by atoms with E-state index in [4.69, 9.17) is 4.74 Å². The molecule has 3 aromatic rings.